The lowest BCUT2D eigenvalue weighted by Gasteiger charge is -2.28. The van der Waals surface area contributed by atoms with Crippen molar-refractivity contribution < 1.29 is 18.9 Å². The van der Waals surface area contributed by atoms with Gasteiger partial charge in [0.2, 0.25) is 6.43 Å². The lowest BCUT2D eigenvalue weighted by atomic mass is 9.86. The number of benzene rings is 1. The quantitative estimate of drug-likeness (QED) is 0.218. The topological polar surface area (TPSA) is 29.5 Å². The van der Waals surface area contributed by atoms with Crippen molar-refractivity contribution in [1.29, 1.82) is 0 Å². The van der Waals surface area contributed by atoms with Gasteiger partial charge in [0, 0.05) is 6.42 Å². The number of hydrogen-bond acceptors (Lipinski definition) is 2. The van der Waals surface area contributed by atoms with Gasteiger partial charge in [-0.25, -0.2) is 13.7 Å². The van der Waals surface area contributed by atoms with Crippen LogP contribution >= 0.6 is 0 Å². The van der Waals surface area contributed by atoms with Crippen molar-refractivity contribution in [2.75, 3.05) is 0 Å². The molecule has 0 spiro atoms. The molecular formula is C21H34F2O2. The summed E-state index contributed by atoms with van der Waals surface area (Å²) in [6, 6.07) is 8.19. The Labute approximate surface area is 151 Å². The van der Waals surface area contributed by atoms with Crippen LogP contribution in [0.15, 0.2) is 24.3 Å². The molecule has 4 heteroatoms. The number of alkyl halides is 2. The average molecular weight is 356 g/mol. The monoisotopic (exact) mass is 356 g/mol. The first kappa shape index (κ1) is 22.0. The number of unbranched alkanes of at least 4 members (excludes halogenated alkanes) is 6. The first-order chi connectivity index (χ1) is 12.0. The first-order valence-corrected chi connectivity index (χ1v) is 9.72. The predicted octanol–water partition coefficient (Wildman–Crippen LogP) is 7.12. The molecule has 0 heterocycles. The summed E-state index contributed by atoms with van der Waals surface area (Å²) in [5, 5.41) is 9.39. The Hall–Kier alpha value is -1.00. The predicted molar refractivity (Wildman–Crippen MR) is 99.1 cm³/mol. The zero-order valence-electron chi connectivity index (χ0n) is 15.8. The Morgan fingerprint density at radius 1 is 1.00 bits per heavy atom. The molecule has 0 aliphatic carbocycles. The van der Waals surface area contributed by atoms with Crippen LogP contribution in [0.3, 0.4) is 0 Å². The summed E-state index contributed by atoms with van der Waals surface area (Å²) in [6.07, 6.45) is 7.71. The van der Waals surface area contributed by atoms with Gasteiger partial charge >= 0.3 is 0 Å². The van der Waals surface area contributed by atoms with Gasteiger partial charge in [-0.15, -0.1) is 0 Å². The minimum atomic E-state index is -2.15. The van der Waals surface area contributed by atoms with E-state index in [1.54, 1.807) is 0 Å². The van der Waals surface area contributed by atoms with Crippen molar-refractivity contribution in [3.63, 3.8) is 0 Å². The number of hydrogen-bond donors (Lipinski definition) is 1. The fraction of sp³-hybridized carbons (Fsp3) is 0.714. The molecule has 1 aromatic carbocycles. The van der Waals surface area contributed by atoms with Gasteiger partial charge in [0.1, 0.15) is 5.60 Å². The van der Waals surface area contributed by atoms with Crippen LogP contribution in [0.5, 0.6) is 0 Å². The molecule has 1 N–H and O–H groups in total. The fourth-order valence-electron chi connectivity index (χ4n) is 3.46. The minimum Gasteiger partial charge on any atom is -0.251 e. The van der Waals surface area contributed by atoms with E-state index in [4.69, 9.17) is 4.89 Å². The van der Waals surface area contributed by atoms with E-state index < -0.39 is 12.0 Å². The highest BCUT2D eigenvalue weighted by Crippen LogP contribution is 2.32. The summed E-state index contributed by atoms with van der Waals surface area (Å²) in [5.41, 5.74) is 1.67. The van der Waals surface area contributed by atoms with Gasteiger partial charge < -0.3 is 0 Å². The van der Waals surface area contributed by atoms with Crippen molar-refractivity contribution in [3.05, 3.63) is 35.4 Å². The standard InChI is InChI=1S/C21H34F2O2/c1-3-17-21(2,25-24)19-15-12-11-14-18(19)13-9-7-5-4-6-8-10-16-20(22)23/h11-12,14-15,20,24H,3-10,13,16-17H2,1-2H3. The van der Waals surface area contributed by atoms with E-state index >= 15 is 0 Å². The van der Waals surface area contributed by atoms with Crippen LogP contribution in [0.25, 0.3) is 0 Å². The summed E-state index contributed by atoms with van der Waals surface area (Å²) >= 11 is 0. The highest BCUT2D eigenvalue weighted by Gasteiger charge is 2.29. The average Bonchev–Trinajstić information content (AvgIpc) is 2.60. The van der Waals surface area contributed by atoms with E-state index in [1.807, 2.05) is 25.1 Å². The first-order valence-electron chi connectivity index (χ1n) is 9.72. The molecular weight excluding hydrogens is 322 g/mol. The number of halogens is 2. The van der Waals surface area contributed by atoms with E-state index in [0.29, 0.717) is 6.42 Å². The van der Waals surface area contributed by atoms with Gasteiger partial charge in [-0.2, -0.15) is 0 Å². The van der Waals surface area contributed by atoms with Gasteiger partial charge in [-0.1, -0.05) is 69.7 Å². The van der Waals surface area contributed by atoms with Gasteiger partial charge in [0.15, 0.2) is 0 Å². The Morgan fingerprint density at radius 2 is 1.60 bits per heavy atom. The summed E-state index contributed by atoms with van der Waals surface area (Å²) in [4.78, 5) is 4.85. The Kier molecular flexibility index (Phi) is 10.9. The third-order valence-electron chi connectivity index (χ3n) is 4.88. The van der Waals surface area contributed by atoms with Gasteiger partial charge in [-0.05, 0) is 43.7 Å². The number of aryl methyl sites for hydroxylation is 1. The smallest absolute Gasteiger partial charge is 0.238 e. The molecule has 0 bridgehead atoms. The Morgan fingerprint density at radius 3 is 2.20 bits per heavy atom. The maximum atomic E-state index is 12.0. The molecule has 0 saturated heterocycles. The van der Waals surface area contributed by atoms with Crippen molar-refractivity contribution in [3.8, 4) is 0 Å². The maximum absolute atomic E-state index is 12.0. The molecule has 0 aromatic heterocycles. The largest absolute Gasteiger partial charge is 0.251 e. The van der Waals surface area contributed by atoms with Gasteiger partial charge in [-0.3, -0.25) is 5.26 Å². The van der Waals surface area contributed by atoms with Crippen LogP contribution in [0.2, 0.25) is 0 Å². The second-order valence-electron chi connectivity index (χ2n) is 7.13. The molecule has 1 atom stereocenters. The summed E-state index contributed by atoms with van der Waals surface area (Å²) in [7, 11) is 0. The lowest BCUT2D eigenvalue weighted by Crippen LogP contribution is -2.26. The Bertz CT molecular complexity index is 465. The Balaban J connectivity index is 2.34. The van der Waals surface area contributed by atoms with Crippen LogP contribution in [-0.4, -0.2) is 11.7 Å². The third kappa shape index (κ3) is 8.28. The fourth-order valence-corrected chi connectivity index (χ4v) is 3.46. The van der Waals surface area contributed by atoms with Crippen LogP contribution < -0.4 is 0 Å². The van der Waals surface area contributed by atoms with Gasteiger partial charge in [0.05, 0.1) is 0 Å². The molecule has 0 amide bonds. The minimum absolute atomic E-state index is 0.0419. The molecule has 0 aliphatic heterocycles. The van der Waals surface area contributed by atoms with Crippen molar-refractivity contribution in [2.45, 2.75) is 96.5 Å². The van der Waals surface area contributed by atoms with E-state index in [2.05, 4.69) is 13.0 Å². The van der Waals surface area contributed by atoms with Crippen molar-refractivity contribution in [1.82, 2.24) is 0 Å². The number of rotatable bonds is 14. The van der Waals surface area contributed by atoms with E-state index in [9.17, 15) is 14.0 Å². The molecule has 1 unspecified atom stereocenters. The van der Waals surface area contributed by atoms with Gasteiger partial charge in [0.25, 0.3) is 0 Å². The lowest BCUT2D eigenvalue weighted by molar-refractivity contribution is -0.326. The summed E-state index contributed by atoms with van der Waals surface area (Å²) in [5.74, 6) is 0. The third-order valence-corrected chi connectivity index (χ3v) is 4.88. The van der Waals surface area contributed by atoms with Crippen molar-refractivity contribution >= 4 is 0 Å². The zero-order valence-corrected chi connectivity index (χ0v) is 15.8. The summed E-state index contributed by atoms with van der Waals surface area (Å²) in [6.45, 7) is 4.02. The highest BCUT2D eigenvalue weighted by molar-refractivity contribution is 5.32. The summed E-state index contributed by atoms with van der Waals surface area (Å²) < 4.78 is 24.1. The van der Waals surface area contributed by atoms with E-state index in [1.165, 1.54) is 5.56 Å². The molecule has 0 aliphatic rings. The molecule has 0 radical (unpaired) electrons. The van der Waals surface area contributed by atoms with Crippen LogP contribution in [0, 0.1) is 0 Å². The molecule has 1 aromatic rings. The van der Waals surface area contributed by atoms with Crippen LogP contribution in [0.4, 0.5) is 8.78 Å². The zero-order chi connectivity index (χ0) is 18.5. The van der Waals surface area contributed by atoms with Crippen molar-refractivity contribution in [2.24, 2.45) is 0 Å². The van der Waals surface area contributed by atoms with E-state index in [-0.39, 0.29) is 6.42 Å². The van der Waals surface area contributed by atoms with Crippen LogP contribution in [0.1, 0.15) is 89.2 Å². The molecule has 1 rings (SSSR count). The van der Waals surface area contributed by atoms with Crippen LogP contribution in [-0.2, 0) is 16.9 Å². The molecule has 2 nitrogen and oxygen atoms in total. The van der Waals surface area contributed by atoms with E-state index in [0.717, 1.165) is 63.4 Å². The second-order valence-corrected chi connectivity index (χ2v) is 7.13. The molecule has 144 valence electrons. The molecule has 0 saturated carbocycles. The molecule has 25 heavy (non-hydrogen) atoms. The molecule has 0 fully saturated rings. The second kappa shape index (κ2) is 12.4. The highest BCUT2D eigenvalue weighted by atomic mass is 19.3. The maximum Gasteiger partial charge on any atom is 0.238 e. The SMILES string of the molecule is CCCC(C)(OO)c1ccccc1CCCCCCCCCC(F)F. The normalized spacial score (nSPS) is 14.0.